The summed E-state index contributed by atoms with van der Waals surface area (Å²) in [5, 5.41) is 8.66. The highest BCUT2D eigenvalue weighted by Crippen LogP contribution is 2.29. The molecule has 1 aromatic carbocycles. The third kappa shape index (κ3) is 5.03. The topological polar surface area (TPSA) is 83.5 Å². The van der Waals surface area contributed by atoms with Crippen molar-refractivity contribution in [2.24, 2.45) is 0 Å². The molecule has 0 spiro atoms. The summed E-state index contributed by atoms with van der Waals surface area (Å²) in [6.07, 6.45) is 2.57. The number of aromatic carboxylic acids is 1. The lowest BCUT2D eigenvalue weighted by atomic mass is 10.2. The number of halogens is 2. The van der Waals surface area contributed by atoms with E-state index in [2.05, 4.69) is 4.72 Å². The summed E-state index contributed by atoms with van der Waals surface area (Å²) in [6.45, 7) is 1.73. The Kier molecular flexibility index (Phi) is 6.80. The third-order valence-electron chi connectivity index (χ3n) is 2.64. The van der Waals surface area contributed by atoms with E-state index < -0.39 is 16.0 Å². The highest BCUT2D eigenvalue weighted by molar-refractivity contribution is 7.98. The van der Waals surface area contributed by atoms with E-state index in [0.717, 1.165) is 17.9 Å². The van der Waals surface area contributed by atoms with Gasteiger partial charge in [-0.15, -0.1) is 0 Å². The van der Waals surface area contributed by atoms with Crippen molar-refractivity contribution in [3.05, 3.63) is 27.7 Å². The molecule has 0 saturated heterocycles. The maximum Gasteiger partial charge on any atom is 0.337 e. The van der Waals surface area contributed by atoms with Gasteiger partial charge in [-0.3, -0.25) is 0 Å². The Hall–Kier alpha value is -0.470. The van der Waals surface area contributed by atoms with Crippen molar-refractivity contribution in [1.29, 1.82) is 0 Å². The van der Waals surface area contributed by atoms with Crippen LogP contribution in [-0.4, -0.2) is 37.5 Å². The predicted molar refractivity (Wildman–Crippen MR) is 86.2 cm³/mol. The van der Waals surface area contributed by atoms with Crippen LogP contribution < -0.4 is 4.72 Å². The number of sulfonamides is 1. The van der Waals surface area contributed by atoms with Gasteiger partial charge in [0.1, 0.15) is 4.90 Å². The molecule has 9 heteroatoms. The Morgan fingerprint density at radius 3 is 2.57 bits per heavy atom. The SMILES string of the molecule is CSCCC(C)NS(=O)(=O)c1cc(Cl)cc(C(=O)O)c1Cl. The lowest BCUT2D eigenvalue weighted by Gasteiger charge is -2.15. The van der Waals surface area contributed by atoms with Crippen molar-refractivity contribution in [2.75, 3.05) is 12.0 Å². The summed E-state index contributed by atoms with van der Waals surface area (Å²) in [4.78, 5) is 10.7. The molecule has 5 nitrogen and oxygen atoms in total. The number of carboxylic acids is 1. The van der Waals surface area contributed by atoms with Gasteiger partial charge in [0, 0.05) is 11.1 Å². The highest BCUT2D eigenvalue weighted by Gasteiger charge is 2.25. The Labute approximate surface area is 138 Å². The zero-order valence-corrected chi connectivity index (χ0v) is 14.5. The molecule has 0 amide bonds. The largest absolute Gasteiger partial charge is 0.478 e. The first-order chi connectivity index (χ1) is 9.69. The molecule has 0 aromatic heterocycles. The van der Waals surface area contributed by atoms with Gasteiger partial charge in [0.05, 0.1) is 10.6 Å². The van der Waals surface area contributed by atoms with Crippen LogP contribution in [0, 0.1) is 0 Å². The Morgan fingerprint density at radius 1 is 1.43 bits per heavy atom. The average Bonchev–Trinajstić information content (AvgIpc) is 2.37. The first-order valence-corrected chi connectivity index (χ1v) is 9.56. The minimum Gasteiger partial charge on any atom is -0.478 e. The van der Waals surface area contributed by atoms with Crippen LogP contribution >= 0.6 is 35.0 Å². The van der Waals surface area contributed by atoms with Crippen molar-refractivity contribution >= 4 is 51.0 Å². The summed E-state index contributed by atoms with van der Waals surface area (Å²) >= 11 is 13.3. The number of thioether (sulfide) groups is 1. The van der Waals surface area contributed by atoms with Crippen molar-refractivity contribution in [3.8, 4) is 0 Å². The molecule has 118 valence electrons. The molecule has 1 aromatic rings. The molecule has 1 atom stereocenters. The molecule has 2 N–H and O–H groups in total. The monoisotopic (exact) mass is 371 g/mol. The van der Waals surface area contributed by atoms with Gasteiger partial charge in [-0.05, 0) is 37.5 Å². The summed E-state index contributed by atoms with van der Waals surface area (Å²) in [6, 6.07) is 1.95. The highest BCUT2D eigenvalue weighted by atomic mass is 35.5. The second-order valence-corrected chi connectivity index (χ2v) is 7.86. The Morgan fingerprint density at radius 2 is 2.05 bits per heavy atom. The second-order valence-electron chi connectivity index (χ2n) is 4.37. The second kappa shape index (κ2) is 7.69. The van der Waals surface area contributed by atoms with Gasteiger partial charge in [-0.2, -0.15) is 11.8 Å². The van der Waals surface area contributed by atoms with Crippen molar-refractivity contribution < 1.29 is 18.3 Å². The van der Waals surface area contributed by atoms with E-state index >= 15 is 0 Å². The smallest absolute Gasteiger partial charge is 0.337 e. The molecule has 1 unspecified atom stereocenters. The zero-order valence-electron chi connectivity index (χ0n) is 11.4. The van der Waals surface area contributed by atoms with Crippen LogP contribution in [0.2, 0.25) is 10.0 Å². The van der Waals surface area contributed by atoms with Crippen LogP contribution in [0.25, 0.3) is 0 Å². The third-order valence-corrected chi connectivity index (χ3v) is 5.63. The zero-order chi connectivity index (χ0) is 16.2. The van der Waals surface area contributed by atoms with Crippen LogP contribution in [-0.2, 0) is 10.0 Å². The number of hydrogen-bond donors (Lipinski definition) is 2. The van der Waals surface area contributed by atoms with Gasteiger partial charge in [0.25, 0.3) is 0 Å². The number of benzene rings is 1. The molecule has 21 heavy (non-hydrogen) atoms. The normalized spacial score (nSPS) is 13.1. The minimum absolute atomic E-state index is 0.00561. The molecule has 0 aliphatic carbocycles. The maximum atomic E-state index is 12.3. The minimum atomic E-state index is -3.94. The molecule has 0 aliphatic rings. The lowest BCUT2D eigenvalue weighted by Crippen LogP contribution is -2.33. The van der Waals surface area contributed by atoms with Crippen molar-refractivity contribution in [1.82, 2.24) is 4.72 Å². The van der Waals surface area contributed by atoms with E-state index in [4.69, 9.17) is 28.3 Å². The van der Waals surface area contributed by atoms with Gasteiger partial charge in [-0.1, -0.05) is 23.2 Å². The number of hydrogen-bond acceptors (Lipinski definition) is 4. The molecule has 0 bridgehead atoms. The summed E-state index contributed by atoms with van der Waals surface area (Å²) < 4.78 is 27.1. The first kappa shape index (κ1) is 18.6. The lowest BCUT2D eigenvalue weighted by molar-refractivity contribution is 0.0697. The molecule has 0 saturated carbocycles. The average molecular weight is 372 g/mol. The molecule has 0 aliphatic heterocycles. The summed E-state index contributed by atoms with van der Waals surface area (Å²) in [5.41, 5.74) is -0.346. The maximum absolute atomic E-state index is 12.3. The first-order valence-electron chi connectivity index (χ1n) is 5.92. The van der Waals surface area contributed by atoms with E-state index in [0.29, 0.717) is 6.42 Å². The molecule has 1 rings (SSSR count). The van der Waals surface area contributed by atoms with Gasteiger partial charge >= 0.3 is 5.97 Å². The van der Waals surface area contributed by atoms with E-state index in [1.807, 2.05) is 6.26 Å². The molecule has 0 heterocycles. The van der Waals surface area contributed by atoms with E-state index in [1.54, 1.807) is 18.7 Å². The molecule has 0 fully saturated rings. The number of nitrogens with one attached hydrogen (secondary N) is 1. The van der Waals surface area contributed by atoms with E-state index in [-0.39, 0.29) is 26.5 Å². The van der Waals surface area contributed by atoms with E-state index in [9.17, 15) is 13.2 Å². The predicted octanol–water partition coefficient (Wildman–Crippen LogP) is 3.11. The van der Waals surface area contributed by atoms with Gasteiger partial charge in [0.15, 0.2) is 0 Å². The number of carboxylic acid groups (broad SMARTS) is 1. The van der Waals surface area contributed by atoms with Crippen LogP contribution in [0.4, 0.5) is 0 Å². The fraction of sp³-hybridized carbons (Fsp3) is 0.417. The van der Waals surface area contributed by atoms with Gasteiger partial charge in [-0.25, -0.2) is 17.9 Å². The van der Waals surface area contributed by atoms with Crippen molar-refractivity contribution in [3.63, 3.8) is 0 Å². The van der Waals surface area contributed by atoms with Crippen LogP contribution in [0.5, 0.6) is 0 Å². The fourth-order valence-corrected chi connectivity index (χ4v) is 4.37. The van der Waals surface area contributed by atoms with Gasteiger partial charge < -0.3 is 5.11 Å². The summed E-state index contributed by atoms with van der Waals surface area (Å²) in [5.74, 6) is -0.540. The van der Waals surface area contributed by atoms with Gasteiger partial charge in [0.2, 0.25) is 10.0 Å². The molecular weight excluding hydrogens is 357 g/mol. The Bertz CT molecular complexity index is 634. The van der Waals surface area contributed by atoms with Crippen LogP contribution in [0.3, 0.4) is 0 Å². The van der Waals surface area contributed by atoms with Crippen LogP contribution in [0.1, 0.15) is 23.7 Å². The Balaban J connectivity index is 3.17. The number of carbonyl (C=O) groups is 1. The van der Waals surface area contributed by atoms with E-state index in [1.165, 1.54) is 0 Å². The quantitative estimate of drug-likeness (QED) is 0.769. The molecular formula is C12H15Cl2NO4S2. The standard InChI is InChI=1S/C12H15Cl2NO4S2/c1-7(3-4-20-2)15-21(18,19)10-6-8(13)5-9(11(10)14)12(16)17/h5-7,15H,3-4H2,1-2H3,(H,16,17). The summed E-state index contributed by atoms with van der Waals surface area (Å²) in [7, 11) is -3.94. The number of rotatable bonds is 7. The fourth-order valence-electron chi connectivity index (χ4n) is 1.60. The van der Waals surface area contributed by atoms with Crippen molar-refractivity contribution in [2.45, 2.75) is 24.3 Å². The van der Waals surface area contributed by atoms with Crippen LogP contribution in [0.15, 0.2) is 17.0 Å². The molecule has 0 radical (unpaired) electrons.